The fourth-order valence-corrected chi connectivity index (χ4v) is 13.8. The molecule has 0 unspecified atom stereocenters. The Labute approximate surface area is 455 Å². The molecule has 0 atom stereocenters. The van der Waals surface area contributed by atoms with Crippen molar-refractivity contribution in [3.63, 3.8) is 0 Å². The zero-order valence-electron chi connectivity index (χ0n) is 43.1. The number of fused-ring (bicyclic) bond motifs is 13. The van der Waals surface area contributed by atoms with Gasteiger partial charge in [-0.05, 0) is 139 Å². The number of rotatable bonds is 6. The first-order valence-corrected chi connectivity index (χ1v) is 27.5. The number of furan rings is 1. The van der Waals surface area contributed by atoms with Gasteiger partial charge in [-0.2, -0.15) is 0 Å². The fraction of sp³-hybridized carbons (Fsp3) is 0.0263. The third kappa shape index (κ3) is 6.48. The molecule has 0 bridgehead atoms. The van der Waals surface area contributed by atoms with Crippen LogP contribution < -0.4 is 0 Å². The maximum Gasteiger partial charge on any atom is 0.136 e. The minimum absolute atomic E-state index is 0.877. The normalized spacial score (nSPS) is 12.7. The largest absolute Gasteiger partial charge is 0.456 e. The van der Waals surface area contributed by atoms with Crippen molar-refractivity contribution < 1.29 is 4.42 Å². The lowest BCUT2D eigenvalue weighted by atomic mass is 9.83. The van der Waals surface area contributed by atoms with E-state index in [-0.39, 0.29) is 0 Å². The van der Waals surface area contributed by atoms with Gasteiger partial charge < -0.3 is 13.6 Å². The molecule has 1 aliphatic carbocycles. The molecule has 79 heavy (non-hydrogen) atoms. The molecule has 0 N–H and O–H groups in total. The molecule has 3 heterocycles. The maximum atomic E-state index is 7.07. The van der Waals surface area contributed by atoms with Gasteiger partial charge in [0.25, 0.3) is 0 Å². The van der Waals surface area contributed by atoms with E-state index < -0.39 is 0 Å². The highest BCUT2D eigenvalue weighted by molar-refractivity contribution is 6.26. The number of hydrogen-bond donors (Lipinski definition) is 0. The Kier molecular flexibility index (Phi) is 9.54. The first-order chi connectivity index (χ1) is 39.2. The average Bonchev–Trinajstić information content (AvgIpc) is 4.25. The van der Waals surface area contributed by atoms with Gasteiger partial charge in [0.05, 0.1) is 33.4 Å². The van der Waals surface area contributed by atoms with Gasteiger partial charge in [-0.15, -0.1) is 0 Å². The summed E-state index contributed by atoms with van der Waals surface area (Å²) < 4.78 is 12.1. The zero-order chi connectivity index (χ0) is 51.7. The van der Waals surface area contributed by atoms with Crippen molar-refractivity contribution in [2.24, 2.45) is 0 Å². The molecule has 0 saturated heterocycles. The SMILES string of the molecule is C1=Cc2c(c(-n3c4ccccc4c4cc(-c5ccccc5)ccc43)c3ccccc3c2-c2ccc3c(c2)oc2cccc(-c4c5ccccc5c(-n5c6ccccc6c6cc(-c7ccccc7)ccc65)c5ccccc45)c23)CC1. The van der Waals surface area contributed by atoms with Gasteiger partial charge in [-0.25, -0.2) is 0 Å². The van der Waals surface area contributed by atoms with Crippen molar-refractivity contribution in [2.45, 2.75) is 12.8 Å². The van der Waals surface area contributed by atoms with Crippen molar-refractivity contribution in [3.05, 3.63) is 272 Å². The van der Waals surface area contributed by atoms with E-state index in [1.165, 1.54) is 132 Å². The van der Waals surface area contributed by atoms with E-state index in [2.05, 4.69) is 276 Å². The standard InChI is InChI=1S/C76H48N2O/c1-3-20-47(21-4-1)49-39-42-68-64(44-49)52-24-15-17-35-66(52)77(68)75-58-30-11-7-26-54(58)72(55-27-8-12-31-59(55)75)51-38-41-62-71(46-51)79-70-37-19-34-63(74(62)70)73-56-28-9-13-32-60(56)76(61-33-14-10-29-57(61)73)78-67-36-18-16-25-53(67)65-45-50(40-43-69(65)78)48-22-5-2-6-23-48/h1-11,13-30,32-46H,12,31H2. The molecule has 0 radical (unpaired) electrons. The molecule has 0 fully saturated rings. The van der Waals surface area contributed by atoms with E-state index in [0.29, 0.717) is 0 Å². The quantitative estimate of drug-likeness (QED) is 0.152. The number of para-hydroxylation sites is 2. The zero-order valence-corrected chi connectivity index (χ0v) is 43.1. The Bertz CT molecular complexity index is 5190. The fourth-order valence-electron chi connectivity index (χ4n) is 13.8. The number of aromatic nitrogens is 2. The number of benzene rings is 13. The van der Waals surface area contributed by atoms with Crippen molar-refractivity contribution in [3.8, 4) is 55.9 Å². The summed E-state index contributed by atoms with van der Waals surface area (Å²) in [4.78, 5) is 0. The van der Waals surface area contributed by atoms with Crippen molar-refractivity contribution >= 4 is 104 Å². The summed E-state index contributed by atoms with van der Waals surface area (Å²) in [5.41, 5.74) is 21.3. The maximum absolute atomic E-state index is 7.07. The van der Waals surface area contributed by atoms with E-state index in [0.717, 1.165) is 45.9 Å². The number of nitrogens with zero attached hydrogens (tertiary/aromatic N) is 2. The molecule has 16 aromatic rings. The van der Waals surface area contributed by atoms with Crippen LogP contribution in [0.15, 0.2) is 265 Å². The van der Waals surface area contributed by atoms with Gasteiger partial charge >= 0.3 is 0 Å². The van der Waals surface area contributed by atoms with Crippen LogP contribution in [0.5, 0.6) is 0 Å². The Morgan fingerprint density at radius 1 is 0.304 bits per heavy atom. The molecule has 368 valence electrons. The molecule has 1 aliphatic rings. The van der Waals surface area contributed by atoms with E-state index >= 15 is 0 Å². The first-order valence-electron chi connectivity index (χ1n) is 27.5. The van der Waals surface area contributed by atoms with Gasteiger partial charge in [0.1, 0.15) is 11.2 Å². The molecule has 3 heteroatoms. The molecular formula is C76H48N2O. The summed E-state index contributed by atoms with van der Waals surface area (Å²) >= 11 is 0. The second-order valence-corrected chi connectivity index (χ2v) is 21.3. The Balaban J connectivity index is 0.862. The Hall–Kier alpha value is -10.2. The molecule has 0 aliphatic heterocycles. The molecular weight excluding hydrogens is 957 g/mol. The molecule has 0 saturated carbocycles. The highest BCUT2D eigenvalue weighted by atomic mass is 16.3. The monoisotopic (exact) mass is 1000 g/mol. The first kappa shape index (κ1) is 44.0. The predicted molar refractivity (Wildman–Crippen MR) is 334 cm³/mol. The molecule has 17 rings (SSSR count). The van der Waals surface area contributed by atoms with Crippen LogP contribution in [0.2, 0.25) is 0 Å². The topological polar surface area (TPSA) is 23.0 Å². The van der Waals surface area contributed by atoms with Crippen LogP contribution in [0, 0.1) is 0 Å². The van der Waals surface area contributed by atoms with E-state index in [9.17, 15) is 0 Å². The molecule has 0 spiro atoms. The molecule has 13 aromatic carbocycles. The summed E-state index contributed by atoms with van der Waals surface area (Å²) in [6.07, 6.45) is 6.67. The van der Waals surface area contributed by atoms with Crippen LogP contribution in [-0.4, -0.2) is 9.13 Å². The van der Waals surface area contributed by atoms with Crippen LogP contribution in [0.4, 0.5) is 0 Å². The highest BCUT2D eigenvalue weighted by Gasteiger charge is 2.27. The van der Waals surface area contributed by atoms with Gasteiger partial charge in [-0.3, -0.25) is 0 Å². The van der Waals surface area contributed by atoms with Crippen LogP contribution in [0.1, 0.15) is 17.5 Å². The summed E-state index contributed by atoms with van der Waals surface area (Å²) in [6.45, 7) is 0. The van der Waals surface area contributed by atoms with Gasteiger partial charge in [0.2, 0.25) is 0 Å². The van der Waals surface area contributed by atoms with Crippen LogP contribution in [0.3, 0.4) is 0 Å². The average molecular weight is 1010 g/mol. The lowest BCUT2D eigenvalue weighted by Crippen LogP contribution is -2.07. The lowest BCUT2D eigenvalue weighted by molar-refractivity contribution is 0.669. The van der Waals surface area contributed by atoms with Crippen molar-refractivity contribution in [2.75, 3.05) is 0 Å². The summed E-state index contributed by atoms with van der Waals surface area (Å²) in [5.74, 6) is 0. The smallest absolute Gasteiger partial charge is 0.136 e. The molecule has 3 aromatic heterocycles. The number of allylic oxidation sites excluding steroid dienone is 1. The molecule has 0 amide bonds. The highest BCUT2D eigenvalue weighted by Crippen LogP contribution is 2.50. The predicted octanol–water partition coefficient (Wildman–Crippen LogP) is 20.9. The Morgan fingerprint density at radius 2 is 0.785 bits per heavy atom. The van der Waals surface area contributed by atoms with Gasteiger partial charge in [0, 0.05) is 48.5 Å². The van der Waals surface area contributed by atoms with Gasteiger partial charge in [0.15, 0.2) is 0 Å². The minimum atomic E-state index is 0.877. The molecule has 3 nitrogen and oxygen atoms in total. The van der Waals surface area contributed by atoms with E-state index in [1.54, 1.807) is 0 Å². The van der Waals surface area contributed by atoms with Gasteiger partial charge in [-0.1, -0.05) is 212 Å². The second-order valence-electron chi connectivity index (χ2n) is 21.3. The Morgan fingerprint density at radius 3 is 1.38 bits per heavy atom. The summed E-state index contributed by atoms with van der Waals surface area (Å²) in [5, 5.41) is 14.5. The third-order valence-corrected chi connectivity index (χ3v) is 17.1. The summed E-state index contributed by atoms with van der Waals surface area (Å²) in [6, 6.07) is 93.9. The lowest BCUT2D eigenvalue weighted by Gasteiger charge is -2.25. The number of hydrogen-bond acceptors (Lipinski definition) is 1. The summed E-state index contributed by atoms with van der Waals surface area (Å²) in [7, 11) is 0. The van der Waals surface area contributed by atoms with E-state index in [4.69, 9.17) is 4.42 Å². The van der Waals surface area contributed by atoms with Crippen LogP contribution >= 0.6 is 0 Å². The van der Waals surface area contributed by atoms with Crippen LogP contribution in [0.25, 0.3) is 160 Å². The van der Waals surface area contributed by atoms with Crippen molar-refractivity contribution in [1.29, 1.82) is 0 Å². The second kappa shape index (κ2) is 17.1. The van der Waals surface area contributed by atoms with E-state index in [1.807, 2.05) is 0 Å². The third-order valence-electron chi connectivity index (χ3n) is 17.1. The minimum Gasteiger partial charge on any atom is -0.456 e. The van der Waals surface area contributed by atoms with Crippen molar-refractivity contribution in [1.82, 2.24) is 9.13 Å². The van der Waals surface area contributed by atoms with Crippen LogP contribution in [-0.2, 0) is 6.42 Å².